The van der Waals surface area contributed by atoms with Gasteiger partial charge in [-0.3, -0.25) is 4.79 Å². The van der Waals surface area contributed by atoms with Crippen molar-refractivity contribution in [3.63, 3.8) is 0 Å². The summed E-state index contributed by atoms with van der Waals surface area (Å²) in [4.78, 5) is 12.6. The number of carbonyl (C=O) groups is 1. The lowest BCUT2D eigenvalue weighted by Gasteiger charge is -2.03. The molecule has 1 amide bonds. The zero-order valence-corrected chi connectivity index (χ0v) is 10.6. The normalized spacial score (nSPS) is 10.2. The van der Waals surface area contributed by atoms with Crippen LogP contribution >= 0.6 is 23.1 Å². The minimum atomic E-state index is 0.143. The van der Waals surface area contributed by atoms with Crippen LogP contribution in [0, 0.1) is 0 Å². The second kappa shape index (κ2) is 7.77. The lowest BCUT2D eigenvalue weighted by atomic mass is 10.4. The van der Waals surface area contributed by atoms with Gasteiger partial charge in [0.1, 0.15) is 0 Å². The quantitative estimate of drug-likeness (QED) is 0.746. The van der Waals surface area contributed by atoms with E-state index >= 15 is 0 Å². The summed E-state index contributed by atoms with van der Waals surface area (Å²) in [6.07, 6.45) is 2.40. The molecule has 0 unspecified atom stereocenters. The van der Waals surface area contributed by atoms with Crippen LogP contribution in [0.4, 0.5) is 0 Å². The first-order valence-electron chi connectivity index (χ1n) is 5.19. The minimum absolute atomic E-state index is 0.143. The molecule has 0 aliphatic carbocycles. The smallest absolute Gasteiger partial charge is 0.230 e. The maximum Gasteiger partial charge on any atom is 0.230 e. The van der Waals surface area contributed by atoms with Crippen LogP contribution in [-0.4, -0.2) is 17.4 Å². The first-order chi connectivity index (χ1) is 7.33. The zero-order chi connectivity index (χ0) is 10.9. The Labute approximate surface area is 99.5 Å². The molecule has 0 aliphatic rings. The first-order valence-corrected chi connectivity index (χ1v) is 7.23. The first kappa shape index (κ1) is 12.6. The third-order valence-electron chi connectivity index (χ3n) is 1.92. The van der Waals surface area contributed by atoms with E-state index in [2.05, 4.69) is 12.2 Å². The van der Waals surface area contributed by atoms with Crippen molar-refractivity contribution >= 4 is 29.0 Å². The van der Waals surface area contributed by atoms with Crippen molar-refractivity contribution in [2.24, 2.45) is 0 Å². The summed E-state index contributed by atoms with van der Waals surface area (Å²) >= 11 is 3.39. The van der Waals surface area contributed by atoms with Crippen LogP contribution in [0.25, 0.3) is 0 Å². The Morgan fingerprint density at radius 3 is 3.13 bits per heavy atom. The van der Waals surface area contributed by atoms with E-state index in [0.717, 1.165) is 5.75 Å². The second-order valence-electron chi connectivity index (χ2n) is 3.26. The van der Waals surface area contributed by atoms with Gasteiger partial charge in [0.15, 0.2) is 0 Å². The van der Waals surface area contributed by atoms with Gasteiger partial charge in [-0.25, -0.2) is 0 Å². The molecule has 1 N–H and O–H groups in total. The maximum atomic E-state index is 11.4. The third kappa shape index (κ3) is 5.85. The highest BCUT2D eigenvalue weighted by atomic mass is 32.2. The number of hydrogen-bond donors (Lipinski definition) is 1. The Morgan fingerprint density at radius 1 is 1.60 bits per heavy atom. The lowest BCUT2D eigenvalue weighted by Crippen LogP contribution is -2.24. The van der Waals surface area contributed by atoms with Crippen LogP contribution in [0.15, 0.2) is 17.5 Å². The van der Waals surface area contributed by atoms with Crippen molar-refractivity contribution < 1.29 is 4.79 Å². The molecule has 4 heteroatoms. The highest BCUT2D eigenvalue weighted by molar-refractivity contribution is 7.99. The van der Waals surface area contributed by atoms with Gasteiger partial charge in [0.25, 0.3) is 0 Å². The molecule has 0 aliphatic heterocycles. The average molecular weight is 243 g/mol. The van der Waals surface area contributed by atoms with Gasteiger partial charge in [-0.15, -0.1) is 11.3 Å². The summed E-state index contributed by atoms with van der Waals surface area (Å²) in [5.74, 6) is 1.82. The number of hydrogen-bond acceptors (Lipinski definition) is 3. The molecule has 0 saturated carbocycles. The largest absolute Gasteiger partial charge is 0.350 e. The number of carbonyl (C=O) groups excluding carboxylic acids is 1. The fourth-order valence-electron chi connectivity index (χ4n) is 1.06. The van der Waals surface area contributed by atoms with E-state index in [1.165, 1.54) is 17.7 Å². The van der Waals surface area contributed by atoms with Crippen molar-refractivity contribution in [1.82, 2.24) is 5.32 Å². The second-order valence-corrected chi connectivity index (χ2v) is 5.40. The highest BCUT2D eigenvalue weighted by Crippen LogP contribution is 2.08. The molecule has 0 bridgehead atoms. The van der Waals surface area contributed by atoms with Crippen LogP contribution in [0.5, 0.6) is 0 Å². The van der Waals surface area contributed by atoms with Crippen LogP contribution in [0.3, 0.4) is 0 Å². The Morgan fingerprint density at radius 2 is 2.47 bits per heavy atom. The van der Waals surface area contributed by atoms with Crippen molar-refractivity contribution in [3.8, 4) is 0 Å². The molecule has 0 saturated heterocycles. The molecular weight excluding hydrogens is 226 g/mol. The fourth-order valence-corrected chi connectivity index (χ4v) is 2.63. The Balaban J connectivity index is 2.04. The molecule has 0 aromatic carbocycles. The molecule has 2 nitrogen and oxygen atoms in total. The monoisotopic (exact) mass is 243 g/mol. The van der Waals surface area contributed by atoms with Crippen molar-refractivity contribution in [2.75, 3.05) is 11.5 Å². The van der Waals surface area contributed by atoms with Crippen molar-refractivity contribution in [2.45, 2.75) is 26.3 Å². The molecule has 15 heavy (non-hydrogen) atoms. The van der Waals surface area contributed by atoms with Crippen LogP contribution in [-0.2, 0) is 11.3 Å². The molecule has 1 heterocycles. The van der Waals surface area contributed by atoms with Gasteiger partial charge in [-0.1, -0.05) is 19.4 Å². The minimum Gasteiger partial charge on any atom is -0.350 e. The van der Waals surface area contributed by atoms with Crippen LogP contribution in [0.2, 0.25) is 0 Å². The van der Waals surface area contributed by atoms with Crippen LogP contribution < -0.4 is 5.32 Å². The van der Waals surface area contributed by atoms with E-state index in [1.807, 2.05) is 17.5 Å². The maximum absolute atomic E-state index is 11.4. The van der Waals surface area contributed by atoms with E-state index in [9.17, 15) is 4.79 Å². The molecular formula is C11H17NOS2. The van der Waals surface area contributed by atoms with Gasteiger partial charge in [-0.05, 0) is 23.6 Å². The molecule has 0 radical (unpaired) electrons. The predicted octanol–water partition coefficient (Wildman–Crippen LogP) is 2.90. The predicted molar refractivity (Wildman–Crippen MR) is 68.4 cm³/mol. The molecule has 0 fully saturated rings. The van der Waals surface area contributed by atoms with Crippen molar-refractivity contribution in [1.29, 1.82) is 0 Å². The van der Waals surface area contributed by atoms with E-state index in [0.29, 0.717) is 12.3 Å². The summed E-state index contributed by atoms with van der Waals surface area (Å²) < 4.78 is 0. The summed E-state index contributed by atoms with van der Waals surface area (Å²) in [5.41, 5.74) is 0. The number of thiophene rings is 1. The van der Waals surface area contributed by atoms with E-state index in [1.54, 1.807) is 23.1 Å². The summed E-state index contributed by atoms with van der Waals surface area (Å²) in [7, 11) is 0. The topological polar surface area (TPSA) is 29.1 Å². The number of amides is 1. The summed E-state index contributed by atoms with van der Waals surface area (Å²) in [6, 6.07) is 4.04. The van der Waals surface area contributed by atoms with Crippen LogP contribution in [0.1, 0.15) is 24.6 Å². The number of unbranched alkanes of at least 4 members (excludes halogenated alkanes) is 1. The van der Waals surface area contributed by atoms with E-state index in [4.69, 9.17) is 0 Å². The SMILES string of the molecule is CCCCSCC(=O)NCc1cccs1. The third-order valence-corrected chi connectivity index (χ3v) is 3.84. The van der Waals surface area contributed by atoms with Gasteiger partial charge in [0, 0.05) is 4.88 Å². The molecule has 0 spiro atoms. The zero-order valence-electron chi connectivity index (χ0n) is 8.99. The summed E-state index contributed by atoms with van der Waals surface area (Å²) in [5, 5.41) is 4.94. The lowest BCUT2D eigenvalue weighted by molar-refractivity contribution is -0.118. The van der Waals surface area contributed by atoms with E-state index in [-0.39, 0.29) is 5.91 Å². The molecule has 84 valence electrons. The van der Waals surface area contributed by atoms with Gasteiger partial charge in [0.05, 0.1) is 12.3 Å². The molecule has 1 rings (SSSR count). The number of thioether (sulfide) groups is 1. The number of nitrogens with one attached hydrogen (secondary N) is 1. The summed E-state index contributed by atoms with van der Waals surface area (Å²) in [6.45, 7) is 2.84. The van der Waals surface area contributed by atoms with Crippen molar-refractivity contribution in [3.05, 3.63) is 22.4 Å². The van der Waals surface area contributed by atoms with Gasteiger partial charge >= 0.3 is 0 Å². The average Bonchev–Trinajstić information content (AvgIpc) is 2.74. The Kier molecular flexibility index (Phi) is 6.52. The molecule has 1 aromatic rings. The Hall–Kier alpha value is -0.480. The van der Waals surface area contributed by atoms with Gasteiger partial charge < -0.3 is 5.32 Å². The molecule has 0 atom stereocenters. The van der Waals surface area contributed by atoms with E-state index < -0.39 is 0 Å². The molecule has 1 aromatic heterocycles. The Bertz CT molecular complexity index is 272. The number of rotatable bonds is 7. The standard InChI is InChI=1S/C11H17NOS2/c1-2-3-6-14-9-11(13)12-8-10-5-4-7-15-10/h4-5,7H,2-3,6,8-9H2,1H3,(H,12,13). The highest BCUT2D eigenvalue weighted by Gasteiger charge is 2.01. The van der Waals surface area contributed by atoms with Gasteiger partial charge in [-0.2, -0.15) is 11.8 Å². The van der Waals surface area contributed by atoms with Gasteiger partial charge in [0.2, 0.25) is 5.91 Å². The fraction of sp³-hybridized carbons (Fsp3) is 0.545.